The number of halogens is 2. The molecule has 0 saturated heterocycles. The van der Waals surface area contributed by atoms with Crippen molar-refractivity contribution in [1.82, 2.24) is 0 Å². The molecule has 0 heterocycles. The minimum absolute atomic E-state index is 0.180. The van der Waals surface area contributed by atoms with E-state index < -0.39 is 0 Å². The first-order valence-corrected chi connectivity index (χ1v) is 7.96. The summed E-state index contributed by atoms with van der Waals surface area (Å²) in [4.78, 5) is 11.3. The molecule has 4 nitrogen and oxygen atoms in total. The van der Waals surface area contributed by atoms with Crippen molar-refractivity contribution in [3.63, 3.8) is 0 Å². The van der Waals surface area contributed by atoms with Gasteiger partial charge >= 0.3 is 5.97 Å². The van der Waals surface area contributed by atoms with E-state index in [2.05, 4.69) is 0 Å². The molecule has 0 spiro atoms. The van der Waals surface area contributed by atoms with Crippen LogP contribution in [0.1, 0.15) is 6.42 Å². The van der Waals surface area contributed by atoms with Crippen molar-refractivity contribution in [2.75, 3.05) is 19.1 Å². The summed E-state index contributed by atoms with van der Waals surface area (Å²) in [5.41, 5.74) is 0. The van der Waals surface area contributed by atoms with E-state index in [-0.39, 0.29) is 25.6 Å². The van der Waals surface area contributed by atoms with Crippen LogP contribution >= 0.6 is 23.2 Å². The molecular weight excluding hydrogens is 339 g/mol. The summed E-state index contributed by atoms with van der Waals surface area (Å²) < 4.78 is 16.0. The molecule has 2 rings (SSSR count). The average Bonchev–Trinajstić information content (AvgIpc) is 2.56. The highest BCUT2D eigenvalue weighted by Crippen LogP contribution is 2.25. The quantitative estimate of drug-likeness (QED) is 0.509. The van der Waals surface area contributed by atoms with Crippen LogP contribution in [0, 0.1) is 0 Å². The zero-order valence-electron chi connectivity index (χ0n) is 12.3. The van der Waals surface area contributed by atoms with E-state index in [1.807, 2.05) is 0 Å². The van der Waals surface area contributed by atoms with Crippen molar-refractivity contribution in [3.05, 3.63) is 53.6 Å². The second kappa shape index (κ2) is 9.28. The lowest BCUT2D eigenvalue weighted by molar-refractivity contribution is -0.143. The molecule has 0 aliphatic heterocycles. The zero-order chi connectivity index (χ0) is 16.5. The molecule has 0 fully saturated rings. The van der Waals surface area contributed by atoms with E-state index in [4.69, 9.17) is 37.4 Å². The van der Waals surface area contributed by atoms with E-state index in [0.29, 0.717) is 28.2 Å². The van der Waals surface area contributed by atoms with Crippen LogP contribution in [0.5, 0.6) is 17.2 Å². The highest BCUT2D eigenvalue weighted by atomic mass is 35.5. The van der Waals surface area contributed by atoms with Crippen LogP contribution < -0.4 is 9.47 Å². The minimum atomic E-state index is -0.326. The third kappa shape index (κ3) is 6.38. The maximum Gasteiger partial charge on any atom is 0.309 e. The number of benzene rings is 2. The van der Waals surface area contributed by atoms with Crippen LogP contribution in [0.25, 0.3) is 0 Å². The van der Waals surface area contributed by atoms with Gasteiger partial charge in [-0.15, -0.1) is 11.6 Å². The number of hydrogen-bond donors (Lipinski definition) is 0. The molecule has 0 aliphatic carbocycles. The fraction of sp³-hybridized carbons (Fsp3) is 0.235. The Hall–Kier alpha value is -1.91. The number of carbonyl (C=O) groups is 1. The van der Waals surface area contributed by atoms with Gasteiger partial charge in [0.2, 0.25) is 0 Å². The largest absolute Gasteiger partial charge is 0.493 e. The van der Waals surface area contributed by atoms with Crippen molar-refractivity contribution in [2.45, 2.75) is 6.42 Å². The molecule has 0 atom stereocenters. The van der Waals surface area contributed by atoms with E-state index in [9.17, 15) is 4.79 Å². The van der Waals surface area contributed by atoms with Crippen molar-refractivity contribution >= 4 is 29.2 Å². The topological polar surface area (TPSA) is 44.8 Å². The van der Waals surface area contributed by atoms with Crippen LogP contribution in [0.2, 0.25) is 5.02 Å². The van der Waals surface area contributed by atoms with Gasteiger partial charge in [0.1, 0.15) is 23.9 Å². The van der Waals surface area contributed by atoms with Crippen LogP contribution in [-0.2, 0) is 9.53 Å². The number of alkyl halides is 1. The SMILES string of the molecule is O=C(CCOc1ccc(Oc2ccc(Cl)cc2)cc1)OCCCl. The van der Waals surface area contributed by atoms with Gasteiger partial charge in [-0.3, -0.25) is 4.79 Å². The van der Waals surface area contributed by atoms with E-state index >= 15 is 0 Å². The lowest BCUT2D eigenvalue weighted by Crippen LogP contribution is -2.11. The maximum absolute atomic E-state index is 11.3. The van der Waals surface area contributed by atoms with Gasteiger partial charge in [-0.25, -0.2) is 0 Å². The molecule has 23 heavy (non-hydrogen) atoms. The molecule has 0 N–H and O–H groups in total. The fourth-order valence-electron chi connectivity index (χ4n) is 1.72. The van der Waals surface area contributed by atoms with Gasteiger partial charge in [-0.1, -0.05) is 11.6 Å². The first-order valence-electron chi connectivity index (χ1n) is 7.05. The highest BCUT2D eigenvalue weighted by Gasteiger charge is 2.03. The first-order chi connectivity index (χ1) is 11.2. The predicted octanol–water partition coefficient (Wildman–Crippen LogP) is 4.68. The Kier molecular flexibility index (Phi) is 7.04. The third-order valence-corrected chi connectivity index (χ3v) is 3.19. The molecule has 0 amide bonds. The van der Waals surface area contributed by atoms with E-state index in [1.165, 1.54) is 0 Å². The zero-order valence-corrected chi connectivity index (χ0v) is 13.8. The van der Waals surface area contributed by atoms with Gasteiger partial charge in [-0.2, -0.15) is 0 Å². The molecule has 2 aromatic carbocycles. The minimum Gasteiger partial charge on any atom is -0.493 e. The Bertz CT molecular complexity index is 611. The highest BCUT2D eigenvalue weighted by molar-refractivity contribution is 6.30. The normalized spacial score (nSPS) is 10.2. The van der Waals surface area contributed by atoms with Crippen LogP contribution in [0.4, 0.5) is 0 Å². The Morgan fingerprint density at radius 2 is 1.43 bits per heavy atom. The average molecular weight is 355 g/mol. The molecule has 6 heteroatoms. The van der Waals surface area contributed by atoms with E-state index in [0.717, 1.165) is 0 Å². The molecule has 0 radical (unpaired) electrons. The van der Waals surface area contributed by atoms with Gasteiger partial charge in [0, 0.05) is 5.02 Å². The van der Waals surface area contributed by atoms with Crippen molar-refractivity contribution in [3.8, 4) is 17.2 Å². The smallest absolute Gasteiger partial charge is 0.309 e. The second-order valence-electron chi connectivity index (χ2n) is 4.54. The summed E-state index contributed by atoms with van der Waals surface area (Å²) in [7, 11) is 0. The molecular formula is C17H16Cl2O4. The fourth-order valence-corrected chi connectivity index (χ4v) is 1.92. The Balaban J connectivity index is 1.78. The Morgan fingerprint density at radius 1 is 0.870 bits per heavy atom. The summed E-state index contributed by atoms with van der Waals surface area (Å²) in [6, 6.07) is 14.2. The summed E-state index contributed by atoms with van der Waals surface area (Å²) in [5.74, 6) is 2.00. The Morgan fingerprint density at radius 3 is 2.04 bits per heavy atom. The molecule has 0 bridgehead atoms. The summed E-state index contributed by atoms with van der Waals surface area (Å²) in [6.45, 7) is 0.468. The van der Waals surface area contributed by atoms with Gasteiger partial charge in [0.25, 0.3) is 0 Å². The number of rotatable bonds is 8. The third-order valence-electron chi connectivity index (χ3n) is 2.79. The van der Waals surface area contributed by atoms with Crippen LogP contribution in [-0.4, -0.2) is 25.1 Å². The molecule has 0 aromatic heterocycles. The van der Waals surface area contributed by atoms with Gasteiger partial charge < -0.3 is 14.2 Å². The van der Waals surface area contributed by atoms with Crippen molar-refractivity contribution < 1.29 is 19.0 Å². The van der Waals surface area contributed by atoms with Crippen molar-refractivity contribution in [1.29, 1.82) is 0 Å². The molecule has 122 valence electrons. The Labute approximate surface area is 144 Å². The summed E-state index contributed by atoms with van der Waals surface area (Å²) in [6.07, 6.45) is 0.180. The van der Waals surface area contributed by atoms with Crippen LogP contribution in [0.15, 0.2) is 48.5 Å². The molecule has 0 unspecified atom stereocenters. The summed E-state index contributed by atoms with van der Waals surface area (Å²) in [5, 5.41) is 0.658. The van der Waals surface area contributed by atoms with Crippen LogP contribution in [0.3, 0.4) is 0 Å². The standard InChI is InChI=1S/C17H16Cl2O4/c18-10-12-22-17(20)9-11-21-14-5-7-16(8-6-14)23-15-3-1-13(19)2-4-15/h1-8H,9-12H2. The lowest BCUT2D eigenvalue weighted by atomic mass is 10.3. The number of carbonyl (C=O) groups excluding carboxylic acids is 1. The van der Waals surface area contributed by atoms with E-state index in [1.54, 1.807) is 48.5 Å². The second-order valence-corrected chi connectivity index (χ2v) is 5.35. The maximum atomic E-state index is 11.3. The lowest BCUT2D eigenvalue weighted by Gasteiger charge is -2.08. The van der Waals surface area contributed by atoms with Crippen molar-refractivity contribution in [2.24, 2.45) is 0 Å². The van der Waals surface area contributed by atoms with Gasteiger partial charge in [0.15, 0.2) is 0 Å². The number of esters is 1. The molecule has 2 aromatic rings. The first kappa shape index (κ1) is 17.4. The monoisotopic (exact) mass is 354 g/mol. The molecule has 0 saturated carbocycles. The number of ether oxygens (including phenoxy) is 3. The van der Waals surface area contributed by atoms with Gasteiger partial charge in [0.05, 0.1) is 18.9 Å². The summed E-state index contributed by atoms with van der Waals surface area (Å²) >= 11 is 11.3. The number of hydrogen-bond acceptors (Lipinski definition) is 4. The van der Waals surface area contributed by atoms with Gasteiger partial charge in [-0.05, 0) is 48.5 Å². The molecule has 0 aliphatic rings. The predicted molar refractivity (Wildman–Crippen MR) is 89.8 cm³/mol.